The minimum Gasteiger partial charge on any atom is -0.319 e. The minimum atomic E-state index is 0.796. The van der Waals surface area contributed by atoms with E-state index in [4.69, 9.17) is 0 Å². The molecule has 0 fully saturated rings. The number of likely N-dealkylation sites (N-methyl/N-ethyl adjacent to an activating group) is 1. The number of benzene rings is 1. The molecule has 2 rings (SSSR count). The van der Waals surface area contributed by atoms with Gasteiger partial charge in [-0.15, -0.1) is 0 Å². The first-order valence-electron chi connectivity index (χ1n) is 6.36. The fourth-order valence-corrected chi connectivity index (χ4v) is 2.51. The third-order valence-electron chi connectivity index (χ3n) is 3.13. The van der Waals surface area contributed by atoms with Crippen LogP contribution in [0.15, 0.2) is 28.7 Å². The third kappa shape index (κ3) is 3.39. The van der Waals surface area contributed by atoms with Gasteiger partial charge < -0.3 is 5.32 Å². The Balaban J connectivity index is 2.39. The maximum atomic E-state index is 4.64. The molecule has 2 aromatic rings. The quantitative estimate of drug-likeness (QED) is 0.939. The molecule has 0 aliphatic rings. The van der Waals surface area contributed by atoms with Crippen molar-refractivity contribution in [1.29, 1.82) is 0 Å². The van der Waals surface area contributed by atoms with Crippen molar-refractivity contribution in [2.45, 2.75) is 20.3 Å². The normalized spacial score (nSPS) is 10.7. The maximum Gasteiger partial charge on any atom is 0.159 e. The zero-order chi connectivity index (χ0) is 13.8. The van der Waals surface area contributed by atoms with Gasteiger partial charge in [-0.25, -0.2) is 9.97 Å². The number of nitrogens with zero attached hydrogens (tertiary/aromatic N) is 2. The van der Waals surface area contributed by atoms with Gasteiger partial charge in [0, 0.05) is 21.4 Å². The van der Waals surface area contributed by atoms with E-state index in [1.807, 2.05) is 31.3 Å². The molecule has 0 aliphatic carbocycles. The molecule has 0 saturated heterocycles. The molecule has 0 radical (unpaired) electrons. The van der Waals surface area contributed by atoms with Gasteiger partial charge in [0.05, 0.1) is 0 Å². The van der Waals surface area contributed by atoms with Gasteiger partial charge in [-0.3, -0.25) is 0 Å². The lowest BCUT2D eigenvalue weighted by Crippen LogP contribution is -2.13. The minimum absolute atomic E-state index is 0.796. The molecule has 19 heavy (non-hydrogen) atoms. The summed E-state index contributed by atoms with van der Waals surface area (Å²) in [5.41, 5.74) is 4.42. The Morgan fingerprint density at radius 1 is 1.16 bits per heavy atom. The number of nitrogens with one attached hydrogen (secondary N) is 1. The SMILES string of the molecule is CNCCc1c(C)nc(-c2cccc(Br)c2)nc1C. The Labute approximate surface area is 122 Å². The van der Waals surface area contributed by atoms with Crippen molar-refractivity contribution in [3.8, 4) is 11.4 Å². The lowest BCUT2D eigenvalue weighted by atomic mass is 10.1. The lowest BCUT2D eigenvalue weighted by molar-refractivity contribution is 0.774. The van der Waals surface area contributed by atoms with E-state index in [0.29, 0.717) is 0 Å². The fourth-order valence-electron chi connectivity index (χ4n) is 2.11. The second-order valence-corrected chi connectivity index (χ2v) is 5.48. The van der Waals surface area contributed by atoms with E-state index in [-0.39, 0.29) is 0 Å². The van der Waals surface area contributed by atoms with Crippen LogP contribution in [0, 0.1) is 13.8 Å². The highest BCUT2D eigenvalue weighted by molar-refractivity contribution is 9.10. The van der Waals surface area contributed by atoms with Gasteiger partial charge in [-0.2, -0.15) is 0 Å². The second kappa shape index (κ2) is 6.26. The molecule has 1 heterocycles. The summed E-state index contributed by atoms with van der Waals surface area (Å²) in [6.45, 7) is 5.06. The summed E-state index contributed by atoms with van der Waals surface area (Å²) in [6.07, 6.45) is 0.965. The van der Waals surface area contributed by atoms with Gasteiger partial charge in [0.1, 0.15) is 0 Å². The van der Waals surface area contributed by atoms with Crippen LogP contribution in [0.1, 0.15) is 17.0 Å². The van der Waals surface area contributed by atoms with Crippen LogP contribution in [0.4, 0.5) is 0 Å². The van der Waals surface area contributed by atoms with Crippen molar-refractivity contribution in [3.63, 3.8) is 0 Å². The number of aromatic nitrogens is 2. The molecule has 0 aliphatic heterocycles. The predicted octanol–water partition coefficient (Wildman–Crippen LogP) is 3.28. The van der Waals surface area contributed by atoms with Crippen molar-refractivity contribution >= 4 is 15.9 Å². The van der Waals surface area contributed by atoms with E-state index >= 15 is 0 Å². The number of aryl methyl sites for hydroxylation is 2. The molecule has 1 N–H and O–H groups in total. The zero-order valence-corrected chi connectivity index (χ0v) is 13.1. The van der Waals surface area contributed by atoms with E-state index in [0.717, 1.165) is 40.2 Å². The van der Waals surface area contributed by atoms with Crippen molar-refractivity contribution in [2.75, 3.05) is 13.6 Å². The van der Waals surface area contributed by atoms with E-state index in [9.17, 15) is 0 Å². The highest BCUT2D eigenvalue weighted by atomic mass is 79.9. The second-order valence-electron chi connectivity index (χ2n) is 4.56. The Bertz CT molecular complexity index is 558. The zero-order valence-electron chi connectivity index (χ0n) is 11.5. The number of rotatable bonds is 4. The monoisotopic (exact) mass is 319 g/mol. The molecule has 0 unspecified atom stereocenters. The van der Waals surface area contributed by atoms with Crippen LogP contribution >= 0.6 is 15.9 Å². The molecule has 0 saturated carbocycles. The van der Waals surface area contributed by atoms with Crippen LogP contribution in [0.25, 0.3) is 11.4 Å². The topological polar surface area (TPSA) is 37.8 Å². The molecule has 1 aromatic heterocycles. The summed E-state index contributed by atoms with van der Waals surface area (Å²) in [5, 5.41) is 3.16. The van der Waals surface area contributed by atoms with Crippen molar-refractivity contribution in [1.82, 2.24) is 15.3 Å². The standard InChI is InChI=1S/C15H18BrN3/c1-10-14(7-8-17-3)11(2)19-15(18-10)12-5-4-6-13(16)9-12/h4-6,9,17H,7-8H2,1-3H3. The van der Waals surface area contributed by atoms with Gasteiger partial charge in [0.15, 0.2) is 5.82 Å². The van der Waals surface area contributed by atoms with Crippen LogP contribution in [0.5, 0.6) is 0 Å². The summed E-state index contributed by atoms with van der Waals surface area (Å²) in [5.74, 6) is 0.796. The van der Waals surface area contributed by atoms with Gasteiger partial charge in [-0.1, -0.05) is 28.1 Å². The summed E-state index contributed by atoms with van der Waals surface area (Å²) < 4.78 is 1.04. The van der Waals surface area contributed by atoms with Crippen LogP contribution < -0.4 is 5.32 Å². The Morgan fingerprint density at radius 3 is 2.42 bits per heavy atom. The number of hydrogen-bond acceptors (Lipinski definition) is 3. The van der Waals surface area contributed by atoms with E-state index in [1.165, 1.54) is 5.56 Å². The molecule has 4 heteroatoms. The molecule has 0 spiro atoms. The first kappa shape index (κ1) is 14.2. The molecule has 3 nitrogen and oxygen atoms in total. The summed E-state index contributed by atoms with van der Waals surface area (Å²) in [6, 6.07) is 8.08. The molecular formula is C15H18BrN3. The molecule has 100 valence electrons. The van der Waals surface area contributed by atoms with Gasteiger partial charge >= 0.3 is 0 Å². The summed E-state index contributed by atoms with van der Waals surface area (Å²) in [7, 11) is 1.96. The van der Waals surface area contributed by atoms with Crippen molar-refractivity contribution < 1.29 is 0 Å². The van der Waals surface area contributed by atoms with Crippen LogP contribution in [-0.2, 0) is 6.42 Å². The van der Waals surface area contributed by atoms with Crippen molar-refractivity contribution in [3.05, 3.63) is 45.7 Å². The highest BCUT2D eigenvalue weighted by Crippen LogP contribution is 2.22. The highest BCUT2D eigenvalue weighted by Gasteiger charge is 2.09. The molecule has 0 bridgehead atoms. The predicted molar refractivity (Wildman–Crippen MR) is 82.3 cm³/mol. The van der Waals surface area contributed by atoms with Gasteiger partial charge in [0.2, 0.25) is 0 Å². The average molecular weight is 320 g/mol. The largest absolute Gasteiger partial charge is 0.319 e. The lowest BCUT2D eigenvalue weighted by Gasteiger charge is -2.11. The maximum absolute atomic E-state index is 4.64. The summed E-state index contributed by atoms with van der Waals surface area (Å²) in [4.78, 5) is 9.28. The van der Waals surface area contributed by atoms with Gasteiger partial charge in [-0.05, 0) is 51.6 Å². The smallest absolute Gasteiger partial charge is 0.159 e. The van der Waals surface area contributed by atoms with E-state index in [2.05, 4.69) is 45.1 Å². The fraction of sp³-hybridized carbons (Fsp3) is 0.333. The first-order valence-corrected chi connectivity index (χ1v) is 7.15. The number of halogens is 1. The molecule has 1 aromatic carbocycles. The van der Waals surface area contributed by atoms with Crippen LogP contribution in [0.2, 0.25) is 0 Å². The van der Waals surface area contributed by atoms with Crippen LogP contribution in [0.3, 0.4) is 0 Å². The van der Waals surface area contributed by atoms with E-state index in [1.54, 1.807) is 0 Å². The summed E-state index contributed by atoms with van der Waals surface area (Å²) >= 11 is 3.48. The average Bonchev–Trinajstić information content (AvgIpc) is 2.37. The Hall–Kier alpha value is -1.26. The molecule has 0 atom stereocenters. The van der Waals surface area contributed by atoms with E-state index < -0.39 is 0 Å². The molecular weight excluding hydrogens is 302 g/mol. The Morgan fingerprint density at radius 2 is 1.84 bits per heavy atom. The molecule has 0 amide bonds. The first-order chi connectivity index (χ1) is 9.11. The van der Waals surface area contributed by atoms with Gasteiger partial charge in [0.25, 0.3) is 0 Å². The van der Waals surface area contributed by atoms with Crippen LogP contribution in [-0.4, -0.2) is 23.6 Å². The van der Waals surface area contributed by atoms with Crippen molar-refractivity contribution in [2.24, 2.45) is 0 Å². The number of hydrogen-bond donors (Lipinski definition) is 1. The Kier molecular flexibility index (Phi) is 4.66. The third-order valence-corrected chi connectivity index (χ3v) is 3.62.